The Kier molecular flexibility index (Phi) is 11.6. The molecule has 0 aliphatic heterocycles. The van der Waals surface area contributed by atoms with Crippen LogP contribution in [0.3, 0.4) is 0 Å². The molecule has 0 saturated heterocycles. The van der Waals surface area contributed by atoms with Gasteiger partial charge in [-0.25, -0.2) is 4.39 Å². The van der Waals surface area contributed by atoms with Gasteiger partial charge in [0.25, 0.3) is 0 Å². The van der Waals surface area contributed by atoms with Gasteiger partial charge in [0.2, 0.25) is 5.91 Å². The first-order valence-corrected chi connectivity index (χ1v) is 18.8. The lowest BCUT2D eigenvalue weighted by Gasteiger charge is -2.54. The number of nitrogens with zero attached hydrogens (tertiary/aromatic N) is 1. The van der Waals surface area contributed by atoms with E-state index in [9.17, 15) is 15.0 Å². The summed E-state index contributed by atoms with van der Waals surface area (Å²) in [5.74, 6) is 1.34. The molecule has 6 rings (SSSR count). The Morgan fingerprint density at radius 1 is 0.854 bits per heavy atom. The van der Waals surface area contributed by atoms with E-state index in [-0.39, 0.29) is 28.9 Å². The maximum Gasteiger partial charge on any atom is 0.222 e. The number of benzene rings is 3. The number of unbranched alkanes of at least 4 members (excludes halogenated alkanes) is 3. The van der Waals surface area contributed by atoms with Crippen LogP contribution in [-0.4, -0.2) is 46.4 Å². The number of carbonyl (C=O) groups is 1. The molecular formula is C43H56FNO3. The van der Waals surface area contributed by atoms with E-state index in [0.29, 0.717) is 24.7 Å². The maximum absolute atomic E-state index is 16.1. The quantitative estimate of drug-likeness (QED) is 0.161. The van der Waals surface area contributed by atoms with Crippen molar-refractivity contribution in [2.45, 2.75) is 115 Å². The highest BCUT2D eigenvalue weighted by atomic mass is 19.1. The molecule has 2 fully saturated rings. The Balaban J connectivity index is 1.02. The van der Waals surface area contributed by atoms with E-state index in [4.69, 9.17) is 0 Å². The number of aromatic hydroxyl groups is 1. The summed E-state index contributed by atoms with van der Waals surface area (Å²) in [5.41, 5.74) is 4.47. The van der Waals surface area contributed by atoms with Gasteiger partial charge in [-0.05, 0) is 122 Å². The van der Waals surface area contributed by atoms with Crippen LogP contribution >= 0.6 is 0 Å². The second kappa shape index (κ2) is 16.0. The van der Waals surface area contributed by atoms with Crippen molar-refractivity contribution in [1.29, 1.82) is 0 Å². The van der Waals surface area contributed by atoms with Crippen molar-refractivity contribution < 1.29 is 19.4 Å². The van der Waals surface area contributed by atoms with Crippen LogP contribution in [0.15, 0.2) is 78.9 Å². The predicted octanol–water partition coefficient (Wildman–Crippen LogP) is 9.22. The molecule has 5 heteroatoms. The normalized spacial score (nSPS) is 27.6. The highest BCUT2D eigenvalue weighted by molar-refractivity contribution is 5.76. The van der Waals surface area contributed by atoms with Crippen LogP contribution < -0.4 is 0 Å². The third kappa shape index (κ3) is 7.99. The van der Waals surface area contributed by atoms with Crippen molar-refractivity contribution in [1.82, 2.24) is 4.90 Å². The van der Waals surface area contributed by atoms with Gasteiger partial charge in [-0.3, -0.25) is 4.79 Å². The average molecular weight is 654 g/mol. The lowest BCUT2D eigenvalue weighted by molar-refractivity contribution is -0.131. The molecule has 3 unspecified atom stereocenters. The molecule has 7 atom stereocenters. The lowest BCUT2D eigenvalue weighted by atomic mass is 9.51. The van der Waals surface area contributed by atoms with Gasteiger partial charge in [0.15, 0.2) is 0 Å². The van der Waals surface area contributed by atoms with Gasteiger partial charge >= 0.3 is 0 Å². The van der Waals surface area contributed by atoms with Crippen LogP contribution in [0, 0.1) is 23.2 Å². The summed E-state index contributed by atoms with van der Waals surface area (Å²) < 4.78 is 16.1. The van der Waals surface area contributed by atoms with E-state index in [1.807, 2.05) is 24.3 Å². The molecule has 0 spiro atoms. The molecular weight excluding hydrogens is 597 g/mol. The number of aliphatic hydroxyl groups is 1. The summed E-state index contributed by atoms with van der Waals surface area (Å²) in [6.07, 6.45) is 11.4. The van der Waals surface area contributed by atoms with Crippen LogP contribution in [-0.2, 0) is 24.1 Å². The number of phenolic OH excluding ortho intramolecular Hbond substituents is 1. The molecule has 0 aromatic heterocycles. The van der Waals surface area contributed by atoms with Crippen molar-refractivity contribution in [3.8, 4) is 5.75 Å². The fourth-order valence-corrected chi connectivity index (χ4v) is 9.82. The second-order valence-corrected chi connectivity index (χ2v) is 15.4. The molecule has 258 valence electrons. The number of halogens is 1. The Hall–Kier alpha value is -3.18. The Labute approximate surface area is 287 Å². The van der Waals surface area contributed by atoms with Gasteiger partial charge in [-0.1, -0.05) is 92.9 Å². The van der Waals surface area contributed by atoms with E-state index >= 15 is 4.39 Å². The Bertz CT molecular complexity index is 1460. The smallest absolute Gasteiger partial charge is 0.222 e. The number of alkyl halides is 1. The number of fused-ring (bicyclic) bond motifs is 5. The van der Waals surface area contributed by atoms with Crippen LogP contribution in [0.1, 0.15) is 106 Å². The molecule has 1 amide bonds. The minimum absolute atomic E-state index is 0.139. The molecule has 2 N–H and O–H groups in total. The molecule has 0 heterocycles. The van der Waals surface area contributed by atoms with Crippen molar-refractivity contribution >= 4 is 5.91 Å². The third-order valence-electron chi connectivity index (χ3n) is 12.3. The molecule has 3 aromatic rings. The van der Waals surface area contributed by atoms with Crippen molar-refractivity contribution in [3.63, 3.8) is 0 Å². The molecule has 0 bridgehead atoms. The van der Waals surface area contributed by atoms with Gasteiger partial charge in [-0.2, -0.15) is 0 Å². The SMILES string of the molecule is C[C@]12C[C@H](F)C3c4ccc(O)cc4C[C@@H](CCCCCCN(CCCc4ccccc4)C(=O)CCCc4ccccc4)C3C1CC[C@@H]2O. The van der Waals surface area contributed by atoms with E-state index in [1.165, 1.54) is 11.1 Å². The van der Waals surface area contributed by atoms with Crippen molar-refractivity contribution in [2.75, 3.05) is 13.1 Å². The van der Waals surface area contributed by atoms with E-state index < -0.39 is 12.3 Å². The van der Waals surface area contributed by atoms with Gasteiger partial charge in [0.05, 0.1) is 6.10 Å². The fraction of sp³-hybridized carbons (Fsp3) is 0.558. The van der Waals surface area contributed by atoms with Crippen LogP contribution in [0.25, 0.3) is 0 Å². The van der Waals surface area contributed by atoms with E-state index in [0.717, 1.165) is 101 Å². The summed E-state index contributed by atoms with van der Waals surface area (Å²) in [6.45, 7) is 3.74. The largest absolute Gasteiger partial charge is 0.508 e. The number of rotatable bonds is 15. The standard InChI is InChI=1S/C43H56FNO3/c1-43-30-38(44)42-36-23-22-35(46)29-34(36)28-33(41(42)37(43)24-25-39(43)47)20-10-2-3-11-26-45(27-13-19-32-16-8-5-9-17-32)40(48)21-12-18-31-14-6-4-7-15-31/h4-9,14-17,22-23,29,33,37-39,41-42,46-47H,2-3,10-13,18-21,24-28,30H2,1H3/t33-,37?,38+,39+,41?,42?,43+/m1/s1. The number of hydrogen-bond donors (Lipinski definition) is 2. The van der Waals surface area contributed by atoms with Crippen molar-refractivity contribution in [3.05, 3.63) is 101 Å². The number of phenols is 1. The van der Waals surface area contributed by atoms with Gasteiger partial charge in [-0.15, -0.1) is 0 Å². The number of hydrogen-bond acceptors (Lipinski definition) is 3. The molecule has 4 nitrogen and oxygen atoms in total. The van der Waals surface area contributed by atoms with Gasteiger partial charge < -0.3 is 15.1 Å². The number of carbonyl (C=O) groups excluding carboxylic acids is 1. The number of aliphatic hydroxyl groups excluding tert-OH is 1. The molecule has 48 heavy (non-hydrogen) atoms. The lowest BCUT2D eigenvalue weighted by Crippen LogP contribution is -2.51. The summed E-state index contributed by atoms with van der Waals surface area (Å²) in [5, 5.41) is 21.2. The number of aryl methyl sites for hydroxylation is 2. The van der Waals surface area contributed by atoms with E-state index in [1.54, 1.807) is 6.07 Å². The Morgan fingerprint density at radius 3 is 2.25 bits per heavy atom. The summed E-state index contributed by atoms with van der Waals surface area (Å²) in [6, 6.07) is 26.5. The monoisotopic (exact) mass is 653 g/mol. The van der Waals surface area contributed by atoms with E-state index in [2.05, 4.69) is 60.4 Å². The van der Waals surface area contributed by atoms with Crippen LogP contribution in [0.2, 0.25) is 0 Å². The zero-order chi connectivity index (χ0) is 33.5. The zero-order valence-corrected chi connectivity index (χ0v) is 28.9. The van der Waals surface area contributed by atoms with Crippen molar-refractivity contribution in [2.24, 2.45) is 23.2 Å². The van der Waals surface area contributed by atoms with Gasteiger partial charge in [0.1, 0.15) is 11.9 Å². The van der Waals surface area contributed by atoms with Gasteiger partial charge in [0, 0.05) is 25.4 Å². The summed E-state index contributed by atoms with van der Waals surface area (Å²) in [4.78, 5) is 15.5. The molecule has 3 aliphatic carbocycles. The number of amides is 1. The highest BCUT2D eigenvalue weighted by Crippen LogP contribution is 2.63. The van der Waals surface area contributed by atoms with Crippen LogP contribution in [0.5, 0.6) is 5.75 Å². The van der Waals surface area contributed by atoms with Crippen LogP contribution in [0.4, 0.5) is 4.39 Å². The minimum Gasteiger partial charge on any atom is -0.508 e. The maximum atomic E-state index is 16.1. The zero-order valence-electron chi connectivity index (χ0n) is 28.9. The first-order chi connectivity index (χ1) is 23.3. The molecule has 0 radical (unpaired) electrons. The highest BCUT2D eigenvalue weighted by Gasteiger charge is 2.59. The topological polar surface area (TPSA) is 60.8 Å². The predicted molar refractivity (Wildman–Crippen MR) is 192 cm³/mol. The summed E-state index contributed by atoms with van der Waals surface area (Å²) >= 11 is 0. The average Bonchev–Trinajstić information content (AvgIpc) is 3.38. The molecule has 2 saturated carbocycles. The second-order valence-electron chi connectivity index (χ2n) is 15.4. The fourth-order valence-electron chi connectivity index (χ4n) is 9.82. The molecule has 3 aliphatic rings. The first kappa shape index (κ1) is 34.7. The summed E-state index contributed by atoms with van der Waals surface area (Å²) in [7, 11) is 0. The first-order valence-electron chi connectivity index (χ1n) is 18.8. The third-order valence-corrected chi connectivity index (χ3v) is 12.3. The molecule has 3 aromatic carbocycles. The Morgan fingerprint density at radius 2 is 1.52 bits per heavy atom. The minimum atomic E-state index is -0.965.